The zero-order valence-corrected chi connectivity index (χ0v) is 16.5. The number of amides is 4. The van der Waals surface area contributed by atoms with Gasteiger partial charge in [-0.15, -0.1) is 0 Å². The van der Waals surface area contributed by atoms with Gasteiger partial charge in [-0.3, -0.25) is 14.5 Å². The van der Waals surface area contributed by atoms with Crippen molar-refractivity contribution in [3.8, 4) is 0 Å². The molecule has 2 N–H and O–H groups in total. The van der Waals surface area contributed by atoms with Gasteiger partial charge in [-0.1, -0.05) is 36.4 Å². The summed E-state index contributed by atoms with van der Waals surface area (Å²) in [4.78, 5) is 38.3. The number of halogens is 1. The number of nitrogens with zero attached hydrogens (tertiary/aromatic N) is 1. The number of imide groups is 1. The fourth-order valence-corrected chi connectivity index (χ4v) is 3.34. The van der Waals surface area contributed by atoms with E-state index in [2.05, 4.69) is 33.2 Å². The first-order valence-electron chi connectivity index (χ1n) is 8.07. The number of rotatable bonds is 4. The Morgan fingerprint density at radius 1 is 1.19 bits per heavy atom. The highest BCUT2D eigenvalue weighted by Crippen LogP contribution is 2.28. The molecule has 0 radical (unpaired) electrons. The predicted molar refractivity (Wildman–Crippen MR) is 107 cm³/mol. The maximum Gasteiger partial charge on any atom is 0.325 e. The minimum Gasteiger partial charge on any atom is -0.324 e. The van der Waals surface area contributed by atoms with Crippen molar-refractivity contribution in [3.05, 3.63) is 63.2 Å². The lowest BCUT2D eigenvalue weighted by molar-refractivity contribution is -0.133. The van der Waals surface area contributed by atoms with Crippen molar-refractivity contribution < 1.29 is 14.4 Å². The number of hydrogen-bond acceptors (Lipinski definition) is 3. The van der Waals surface area contributed by atoms with Crippen LogP contribution in [0.4, 0.5) is 10.5 Å². The van der Waals surface area contributed by atoms with Crippen molar-refractivity contribution in [2.45, 2.75) is 19.4 Å². The zero-order chi connectivity index (χ0) is 18.9. The molecule has 0 spiro atoms. The first kappa shape index (κ1) is 18.4. The Morgan fingerprint density at radius 2 is 1.88 bits per heavy atom. The molecule has 1 heterocycles. The van der Waals surface area contributed by atoms with Gasteiger partial charge in [0, 0.05) is 9.26 Å². The Bertz CT molecular complexity index is 885. The van der Waals surface area contributed by atoms with Crippen LogP contribution in [-0.4, -0.2) is 29.3 Å². The zero-order valence-electron chi connectivity index (χ0n) is 14.4. The molecule has 6 nitrogen and oxygen atoms in total. The van der Waals surface area contributed by atoms with E-state index in [4.69, 9.17) is 0 Å². The van der Waals surface area contributed by atoms with Crippen molar-refractivity contribution >= 4 is 46.1 Å². The minimum absolute atomic E-state index is 0.336. The van der Waals surface area contributed by atoms with Crippen LogP contribution in [0, 0.1) is 10.5 Å². The lowest BCUT2D eigenvalue weighted by Crippen LogP contribution is -2.42. The summed E-state index contributed by atoms with van der Waals surface area (Å²) in [7, 11) is 0. The molecule has 3 rings (SSSR count). The Hall–Kier alpha value is -2.42. The molecular formula is C19H18IN3O3. The smallest absolute Gasteiger partial charge is 0.324 e. The van der Waals surface area contributed by atoms with Gasteiger partial charge in [0.05, 0.1) is 0 Å². The molecule has 2 aromatic carbocycles. The maximum atomic E-state index is 12.8. The lowest BCUT2D eigenvalue weighted by atomic mass is 9.92. The molecule has 4 amide bonds. The summed E-state index contributed by atoms with van der Waals surface area (Å²) in [5.74, 6) is -0.868. The fourth-order valence-electron chi connectivity index (χ4n) is 2.82. The van der Waals surface area contributed by atoms with E-state index in [9.17, 15) is 14.4 Å². The Balaban J connectivity index is 1.73. The highest BCUT2D eigenvalue weighted by Gasteiger charge is 2.49. The van der Waals surface area contributed by atoms with E-state index in [-0.39, 0.29) is 6.54 Å². The van der Waals surface area contributed by atoms with Gasteiger partial charge in [0.2, 0.25) is 5.91 Å². The van der Waals surface area contributed by atoms with Gasteiger partial charge in [0.25, 0.3) is 5.91 Å². The van der Waals surface area contributed by atoms with Gasteiger partial charge >= 0.3 is 6.03 Å². The first-order chi connectivity index (χ1) is 12.3. The molecular weight excluding hydrogens is 445 g/mol. The van der Waals surface area contributed by atoms with Gasteiger partial charge < -0.3 is 10.6 Å². The number of aryl methyl sites for hydroxylation is 1. The van der Waals surface area contributed by atoms with Crippen LogP contribution in [0.3, 0.4) is 0 Å². The van der Waals surface area contributed by atoms with Gasteiger partial charge in [-0.25, -0.2) is 4.79 Å². The topological polar surface area (TPSA) is 78.5 Å². The van der Waals surface area contributed by atoms with Crippen LogP contribution >= 0.6 is 22.6 Å². The highest BCUT2D eigenvalue weighted by molar-refractivity contribution is 14.1. The average Bonchev–Trinajstić information content (AvgIpc) is 2.83. The van der Waals surface area contributed by atoms with Gasteiger partial charge in [0.15, 0.2) is 0 Å². The van der Waals surface area contributed by atoms with Gasteiger partial charge in [-0.2, -0.15) is 0 Å². The van der Waals surface area contributed by atoms with Crippen LogP contribution in [0.2, 0.25) is 0 Å². The standard InChI is InChI=1S/C19H18IN3O3/c1-12-8-9-14(10-15(12)20)21-16(24)11-23-17(25)19(2,22-18(23)26)13-6-4-3-5-7-13/h3-10H,11H2,1-2H3,(H,21,24)(H,22,26). The van der Waals surface area contributed by atoms with E-state index < -0.39 is 23.4 Å². The van der Waals surface area contributed by atoms with E-state index in [1.807, 2.05) is 25.1 Å². The predicted octanol–water partition coefficient (Wildman–Crippen LogP) is 3.01. The number of nitrogens with one attached hydrogen (secondary N) is 2. The fraction of sp³-hybridized carbons (Fsp3) is 0.211. The largest absolute Gasteiger partial charge is 0.325 e. The van der Waals surface area contributed by atoms with E-state index in [0.717, 1.165) is 14.0 Å². The molecule has 1 saturated heterocycles. The van der Waals surface area contributed by atoms with Gasteiger partial charge in [-0.05, 0) is 59.7 Å². The number of benzene rings is 2. The van der Waals surface area contributed by atoms with Crippen LogP contribution in [0.1, 0.15) is 18.1 Å². The second-order valence-corrected chi connectivity index (χ2v) is 7.49. The summed E-state index contributed by atoms with van der Waals surface area (Å²) < 4.78 is 1.02. The normalized spacial score (nSPS) is 19.4. The summed E-state index contributed by atoms with van der Waals surface area (Å²) >= 11 is 2.18. The highest BCUT2D eigenvalue weighted by atomic mass is 127. The molecule has 0 aliphatic carbocycles. The number of hydrogen-bond donors (Lipinski definition) is 2. The maximum absolute atomic E-state index is 12.8. The molecule has 0 aromatic heterocycles. The number of carbonyl (C=O) groups is 3. The van der Waals surface area contributed by atoms with E-state index >= 15 is 0 Å². The van der Waals surface area contributed by atoms with Crippen molar-refractivity contribution in [1.29, 1.82) is 0 Å². The summed E-state index contributed by atoms with van der Waals surface area (Å²) in [6, 6.07) is 13.9. The summed E-state index contributed by atoms with van der Waals surface area (Å²) in [5, 5.41) is 5.42. The third-order valence-corrected chi connectivity index (χ3v) is 5.55. The second-order valence-electron chi connectivity index (χ2n) is 6.32. The van der Waals surface area contributed by atoms with Crippen molar-refractivity contribution in [1.82, 2.24) is 10.2 Å². The molecule has 1 aliphatic rings. The third-order valence-electron chi connectivity index (χ3n) is 4.38. The van der Waals surface area contributed by atoms with Crippen LogP contribution in [-0.2, 0) is 15.1 Å². The monoisotopic (exact) mass is 463 g/mol. The molecule has 1 fully saturated rings. The quantitative estimate of drug-likeness (QED) is 0.541. The molecule has 0 saturated carbocycles. The molecule has 7 heteroatoms. The van der Waals surface area contributed by atoms with Crippen molar-refractivity contribution in [2.24, 2.45) is 0 Å². The number of anilines is 1. The van der Waals surface area contributed by atoms with Crippen LogP contribution < -0.4 is 10.6 Å². The minimum atomic E-state index is -1.17. The molecule has 1 atom stereocenters. The third kappa shape index (κ3) is 3.44. The lowest BCUT2D eigenvalue weighted by Gasteiger charge is -2.22. The molecule has 0 bridgehead atoms. The molecule has 1 unspecified atom stereocenters. The molecule has 1 aliphatic heterocycles. The molecule has 26 heavy (non-hydrogen) atoms. The van der Waals surface area contributed by atoms with Gasteiger partial charge in [0.1, 0.15) is 12.1 Å². The Morgan fingerprint density at radius 3 is 2.54 bits per heavy atom. The summed E-state index contributed by atoms with van der Waals surface area (Å²) in [5.41, 5.74) is 1.24. The summed E-state index contributed by atoms with van der Waals surface area (Å²) in [6.45, 7) is 3.28. The van der Waals surface area contributed by atoms with Crippen LogP contribution in [0.25, 0.3) is 0 Å². The second kappa shape index (κ2) is 7.06. The van der Waals surface area contributed by atoms with Crippen molar-refractivity contribution in [3.63, 3.8) is 0 Å². The van der Waals surface area contributed by atoms with Crippen molar-refractivity contribution in [2.75, 3.05) is 11.9 Å². The Labute approximate surface area is 165 Å². The molecule has 134 valence electrons. The van der Waals surface area contributed by atoms with Crippen LogP contribution in [0.5, 0.6) is 0 Å². The van der Waals surface area contributed by atoms with E-state index in [1.165, 1.54) is 0 Å². The number of carbonyl (C=O) groups excluding carboxylic acids is 3. The summed E-state index contributed by atoms with van der Waals surface area (Å²) in [6.07, 6.45) is 0. The first-order valence-corrected chi connectivity index (χ1v) is 9.15. The Kier molecular flexibility index (Phi) is 4.99. The SMILES string of the molecule is Cc1ccc(NC(=O)CN2C(=O)NC(C)(c3ccccc3)C2=O)cc1I. The number of urea groups is 1. The average molecular weight is 463 g/mol. The van der Waals surface area contributed by atoms with E-state index in [1.54, 1.807) is 37.3 Å². The van der Waals surface area contributed by atoms with Crippen LogP contribution in [0.15, 0.2) is 48.5 Å². The van der Waals surface area contributed by atoms with E-state index in [0.29, 0.717) is 11.3 Å². The molecule has 2 aromatic rings.